The lowest BCUT2D eigenvalue weighted by atomic mass is 10.1. The molecule has 1 aliphatic heterocycles. The Morgan fingerprint density at radius 3 is 2.19 bits per heavy atom. The highest BCUT2D eigenvalue weighted by molar-refractivity contribution is 8.15. The molecule has 0 saturated heterocycles. The van der Waals surface area contributed by atoms with E-state index in [-0.39, 0.29) is 0 Å². The van der Waals surface area contributed by atoms with Crippen molar-refractivity contribution in [1.82, 2.24) is 0 Å². The summed E-state index contributed by atoms with van der Waals surface area (Å²) in [5, 5.41) is 4.79. The molecular formula is C15H22N2O3S. The maximum Gasteiger partial charge on any atom is 0.203 e. The van der Waals surface area contributed by atoms with Crippen molar-refractivity contribution in [2.45, 2.75) is 19.1 Å². The Balaban J connectivity index is 2.18. The summed E-state index contributed by atoms with van der Waals surface area (Å²) in [5.41, 5.74) is 0.875. The van der Waals surface area contributed by atoms with Crippen molar-refractivity contribution < 1.29 is 14.2 Å². The third-order valence-electron chi connectivity index (χ3n) is 3.34. The predicted octanol–water partition coefficient (Wildman–Crippen LogP) is 3.25. The van der Waals surface area contributed by atoms with Crippen LogP contribution in [-0.4, -0.2) is 38.3 Å². The average molecular weight is 310 g/mol. The maximum absolute atomic E-state index is 5.35. The van der Waals surface area contributed by atoms with Crippen LogP contribution in [0.3, 0.4) is 0 Å². The Hall–Kier alpha value is -1.56. The zero-order chi connectivity index (χ0) is 15.4. The number of nitrogens with one attached hydrogen (secondary N) is 1. The average Bonchev–Trinajstić information content (AvgIpc) is 2.94. The first kappa shape index (κ1) is 15.8. The van der Waals surface area contributed by atoms with Crippen molar-refractivity contribution in [2.24, 2.45) is 10.9 Å². The number of benzene rings is 1. The van der Waals surface area contributed by atoms with Gasteiger partial charge in [-0.2, -0.15) is 0 Å². The molecule has 0 saturated carbocycles. The van der Waals surface area contributed by atoms with Crippen molar-refractivity contribution in [2.75, 3.05) is 33.2 Å². The number of nitrogens with zero attached hydrogens (tertiary/aromatic N) is 1. The predicted molar refractivity (Wildman–Crippen MR) is 88.2 cm³/mol. The molecule has 0 aliphatic carbocycles. The number of hydrogen-bond donors (Lipinski definition) is 1. The number of thioether (sulfide) groups is 1. The molecule has 5 nitrogen and oxygen atoms in total. The Morgan fingerprint density at radius 1 is 1.14 bits per heavy atom. The molecule has 0 spiro atoms. The highest BCUT2D eigenvalue weighted by atomic mass is 32.2. The van der Waals surface area contributed by atoms with E-state index in [0.717, 1.165) is 17.4 Å². The second-order valence-corrected chi connectivity index (χ2v) is 6.31. The summed E-state index contributed by atoms with van der Waals surface area (Å²) in [7, 11) is 4.81. The van der Waals surface area contributed by atoms with E-state index in [2.05, 4.69) is 24.2 Å². The van der Waals surface area contributed by atoms with Gasteiger partial charge < -0.3 is 19.5 Å². The largest absolute Gasteiger partial charge is 0.493 e. The quantitative estimate of drug-likeness (QED) is 0.904. The maximum atomic E-state index is 5.35. The number of amidine groups is 1. The third-order valence-corrected chi connectivity index (χ3v) is 4.79. The van der Waals surface area contributed by atoms with Gasteiger partial charge in [-0.3, -0.25) is 4.99 Å². The molecule has 116 valence electrons. The summed E-state index contributed by atoms with van der Waals surface area (Å²) in [6.45, 7) is 5.29. The van der Waals surface area contributed by atoms with Crippen molar-refractivity contribution in [1.29, 1.82) is 0 Å². The molecule has 1 unspecified atom stereocenters. The summed E-state index contributed by atoms with van der Waals surface area (Å²) in [5.74, 6) is 2.45. The standard InChI is InChI=1S/C15H22N2O3S/c1-9(2)13-8-16-15(21-13)17-10-6-11(18-3)14(20-5)12(7-10)19-4/h6-7,9,13H,8H2,1-5H3,(H,16,17). The van der Waals surface area contributed by atoms with Gasteiger partial charge in [0.25, 0.3) is 0 Å². The van der Waals surface area contributed by atoms with Gasteiger partial charge in [0.2, 0.25) is 5.75 Å². The minimum absolute atomic E-state index is 0.537. The summed E-state index contributed by atoms with van der Waals surface area (Å²) in [6, 6.07) is 3.76. The summed E-state index contributed by atoms with van der Waals surface area (Å²) < 4.78 is 16.0. The first-order chi connectivity index (χ1) is 10.1. The fourth-order valence-corrected chi connectivity index (χ4v) is 3.12. The molecule has 6 heteroatoms. The van der Waals surface area contributed by atoms with Crippen molar-refractivity contribution in [3.63, 3.8) is 0 Å². The number of anilines is 1. The van der Waals surface area contributed by atoms with Crippen LogP contribution >= 0.6 is 11.8 Å². The molecule has 0 aromatic heterocycles. The van der Waals surface area contributed by atoms with Crippen LogP contribution < -0.4 is 19.5 Å². The van der Waals surface area contributed by atoms with E-state index >= 15 is 0 Å². The van der Waals surface area contributed by atoms with Gasteiger partial charge >= 0.3 is 0 Å². The van der Waals surface area contributed by atoms with Gasteiger partial charge in [0.1, 0.15) is 0 Å². The molecule has 0 radical (unpaired) electrons. The molecule has 21 heavy (non-hydrogen) atoms. The van der Waals surface area contributed by atoms with E-state index in [1.165, 1.54) is 0 Å². The van der Waals surface area contributed by atoms with Crippen LogP contribution in [0.15, 0.2) is 17.1 Å². The summed E-state index contributed by atoms with van der Waals surface area (Å²) in [4.78, 5) is 4.54. The molecule has 1 aromatic carbocycles. The Bertz CT molecular complexity index is 507. The molecular weight excluding hydrogens is 288 g/mol. The van der Waals surface area contributed by atoms with Crippen LogP contribution in [0.2, 0.25) is 0 Å². The first-order valence-electron chi connectivity index (χ1n) is 6.87. The summed E-state index contributed by atoms with van der Waals surface area (Å²) in [6.07, 6.45) is 0. The van der Waals surface area contributed by atoms with E-state index < -0.39 is 0 Å². The molecule has 0 bridgehead atoms. The Morgan fingerprint density at radius 2 is 1.76 bits per heavy atom. The third kappa shape index (κ3) is 3.56. The highest BCUT2D eigenvalue weighted by Crippen LogP contribution is 2.40. The van der Waals surface area contributed by atoms with Crippen LogP contribution in [0.1, 0.15) is 13.8 Å². The van der Waals surface area contributed by atoms with Gasteiger partial charge in [-0.1, -0.05) is 25.6 Å². The molecule has 0 amide bonds. The fourth-order valence-electron chi connectivity index (χ4n) is 2.08. The van der Waals surface area contributed by atoms with Gasteiger partial charge in [-0.15, -0.1) is 0 Å². The van der Waals surface area contributed by atoms with E-state index in [9.17, 15) is 0 Å². The van der Waals surface area contributed by atoms with Crippen LogP contribution in [0.25, 0.3) is 0 Å². The van der Waals surface area contributed by atoms with Crippen molar-refractivity contribution in [3.8, 4) is 17.2 Å². The van der Waals surface area contributed by atoms with Gasteiger partial charge in [-0.05, 0) is 5.92 Å². The van der Waals surface area contributed by atoms with Gasteiger partial charge in [0.15, 0.2) is 16.7 Å². The SMILES string of the molecule is COc1cc(NC2=NCC(C(C)C)S2)cc(OC)c1OC. The smallest absolute Gasteiger partial charge is 0.203 e. The molecule has 1 atom stereocenters. The topological polar surface area (TPSA) is 52.1 Å². The van der Waals surface area contributed by atoms with Crippen molar-refractivity contribution in [3.05, 3.63) is 12.1 Å². The second-order valence-electron chi connectivity index (χ2n) is 5.09. The van der Waals surface area contributed by atoms with E-state index in [0.29, 0.717) is 28.4 Å². The molecule has 0 fully saturated rings. The zero-order valence-corrected chi connectivity index (χ0v) is 13.9. The number of aliphatic imine (C=N–C) groups is 1. The lowest BCUT2D eigenvalue weighted by molar-refractivity contribution is 0.324. The lowest BCUT2D eigenvalue weighted by Gasteiger charge is -2.15. The molecule has 1 N–H and O–H groups in total. The number of ether oxygens (including phenoxy) is 3. The van der Waals surface area contributed by atoms with Gasteiger partial charge in [0.05, 0.1) is 27.9 Å². The molecule has 2 rings (SSSR count). The fraction of sp³-hybridized carbons (Fsp3) is 0.533. The van der Waals surface area contributed by atoms with Crippen LogP contribution in [-0.2, 0) is 0 Å². The lowest BCUT2D eigenvalue weighted by Crippen LogP contribution is -2.13. The highest BCUT2D eigenvalue weighted by Gasteiger charge is 2.23. The number of methoxy groups -OCH3 is 3. The monoisotopic (exact) mass is 310 g/mol. The van der Waals surface area contributed by atoms with Gasteiger partial charge in [-0.25, -0.2) is 0 Å². The minimum atomic E-state index is 0.537. The zero-order valence-electron chi connectivity index (χ0n) is 13.1. The molecule has 1 aliphatic rings. The van der Waals surface area contributed by atoms with Crippen molar-refractivity contribution >= 4 is 22.6 Å². The Kier molecular flexibility index (Phi) is 5.22. The minimum Gasteiger partial charge on any atom is -0.493 e. The van der Waals surface area contributed by atoms with Gasteiger partial charge in [0, 0.05) is 23.1 Å². The van der Waals surface area contributed by atoms with E-state index in [1.54, 1.807) is 33.1 Å². The van der Waals surface area contributed by atoms with Crippen LogP contribution in [0.5, 0.6) is 17.2 Å². The Labute approximate surface area is 130 Å². The second kappa shape index (κ2) is 6.93. The first-order valence-corrected chi connectivity index (χ1v) is 7.75. The molecule has 1 heterocycles. The number of rotatable bonds is 5. The number of hydrogen-bond acceptors (Lipinski definition) is 6. The van der Waals surface area contributed by atoms with Crippen LogP contribution in [0, 0.1) is 5.92 Å². The van der Waals surface area contributed by atoms with E-state index in [1.807, 2.05) is 12.1 Å². The van der Waals surface area contributed by atoms with Crippen LogP contribution in [0.4, 0.5) is 5.69 Å². The summed E-state index contributed by atoms with van der Waals surface area (Å²) >= 11 is 1.78. The molecule has 1 aromatic rings. The van der Waals surface area contributed by atoms with E-state index in [4.69, 9.17) is 14.2 Å². The normalized spacial score (nSPS) is 17.6.